The van der Waals surface area contributed by atoms with Crippen LogP contribution in [0.25, 0.3) is 0 Å². The van der Waals surface area contributed by atoms with Gasteiger partial charge in [-0.15, -0.1) is 0 Å². The Bertz CT molecular complexity index is 116. The minimum atomic E-state index is -0.633. The van der Waals surface area contributed by atoms with Crippen LogP contribution in [0.1, 0.15) is 26.2 Å². The van der Waals surface area contributed by atoms with Gasteiger partial charge in [0.2, 0.25) is 0 Å². The predicted octanol–water partition coefficient (Wildman–Crippen LogP) is -0.501. The van der Waals surface area contributed by atoms with E-state index < -0.39 is 12.2 Å². The molecule has 0 aliphatic carbocycles. The lowest BCUT2D eigenvalue weighted by Gasteiger charge is -2.21. The van der Waals surface area contributed by atoms with E-state index in [9.17, 15) is 5.11 Å². The fraction of sp³-hybridized carbons (Fsp3) is 1.00. The molecule has 3 unspecified atom stereocenters. The second kappa shape index (κ2) is 7.26. The van der Waals surface area contributed by atoms with Crippen molar-refractivity contribution in [2.45, 2.75) is 38.4 Å². The Morgan fingerprint density at radius 1 is 1.15 bits per heavy atom. The largest absolute Gasteiger partial charge is 0.396 e. The summed E-state index contributed by atoms with van der Waals surface area (Å²) in [6, 6.07) is 0. The van der Waals surface area contributed by atoms with Gasteiger partial charge in [-0.25, -0.2) is 0 Å². The lowest BCUT2D eigenvalue weighted by atomic mass is 9.94. The van der Waals surface area contributed by atoms with E-state index in [0.29, 0.717) is 19.3 Å². The van der Waals surface area contributed by atoms with Gasteiger partial charge in [-0.05, 0) is 26.2 Å². The molecular formula is C9H20O4. The Kier molecular flexibility index (Phi) is 7.17. The zero-order valence-electron chi connectivity index (χ0n) is 8.06. The molecular weight excluding hydrogens is 172 g/mol. The first-order valence-electron chi connectivity index (χ1n) is 4.69. The lowest BCUT2D eigenvalue weighted by Crippen LogP contribution is -2.27. The first kappa shape index (κ1) is 12.8. The minimum Gasteiger partial charge on any atom is -0.396 e. The van der Waals surface area contributed by atoms with Crippen molar-refractivity contribution in [3.8, 4) is 0 Å². The normalized spacial score (nSPS) is 18.2. The summed E-state index contributed by atoms with van der Waals surface area (Å²) >= 11 is 0. The summed E-state index contributed by atoms with van der Waals surface area (Å²) in [5, 5.41) is 36.0. The predicted molar refractivity (Wildman–Crippen MR) is 49.2 cm³/mol. The molecule has 0 amide bonds. The van der Waals surface area contributed by atoms with Crippen molar-refractivity contribution in [1.82, 2.24) is 0 Å². The van der Waals surface area contributed by atoms with Gasteiger partial charge < -0.3 is 20.4 Å². The van der Waals surface area contributed by atoms with Crippen molar-refractivity contribution >= 4 is 0 Å². The van der Waals surface area contributed by atoms with Gasteiger partial charge in [0.1, 0.15) is 0 Å². The van der Waals surface area contributed by atoms with E-state index in [0.717, 1.165) is 0 Å². The highest BCUT2D eigenvalue weighted by molar-refractivity contribution is 4.70. The molecule has 4 heteroatoms. The van der Waals surface area contributed by atoms with Gasteiger partial charge in [-0.1, -0.05) is 0 Å². The molecule has 0 aliphatic rings. The summed E-state index contributed by atoms with van der Waals surface area (Å²) < 4.78 is 0. The standard InChI is InChI=1S/C9H20O4/c1-7(12)5-8(6-11)9(13)3-2-4-10/h7-13H,2-6H2,1H3. The van der Waals surface area contributed by atoms with Gasteiger partial charge in [-0.3, -0.25) is 0 Å². The third-order valence-corrected chi connectivity index (χ3v) is 2.08. The first-order valence-corrected chi connectivity index (χ1v) is 4.69. The quantitative estimate of drug-likeness (QED) is 0.438. The SMILES string of the molecule is CC(O)CC(CO)C(O)CCCO. The van der Waals surface area contributed by atoms with E-state index in [1.165, 1.54) is 0 Å². The maximum atomic E-state index is 9.51. The molecule has 0 spiro atoms. The van der Waals surface area contributed by atoms with Crippen LogP contribution in [-0.4, -0.2) is 45.8 Å². The molecule has 13 heavy (non-hydrogen) atoms. The molecule has 80 valence electrons. The molecule has 0 bridgehead atoms. The molecule has 4 N–H and O–H groups in total. The highest BCUT2D eigenvalue weighted by Crippen LogP contribution is 2.15. The van der Waals surface area contributed by atoms with E-state index in [1.807, 2.05) is 0 Å². The van der Waals surface area contributed by atoms with Crippen LogP contribution in [0.4, 0.5) is 0 Å². The number of aliphatic hydroxyl groups is 4. The van der Waals surface area contributed by atoms with E-state index >= 15 is 0 Å². The molecule has 0 heterocycles. The smallest absolute Gasteiger partial charge is 0.0592 e. The van der Waals surface area contributed by atoms with Crippen LogP contribution in [0.2, 0.25) is 0 Å². The van der Waals surface area contributed by atoms with Crippen molar-refractivity contribution in [1.29, 1.82) is 0 Å². The average Bonchev–Trinajstić information content (AvgIpc) is 2.09. The Morgan fingerprint density at radius 2 is 1.77 bits per heavy atom. The number of hydrogen-bond acceptors (Lipinski definition) is 4. The maximum absolute atomic E-state index is 9.51. The van der Waals surface area contributed by atoms with E-state index in [1.54, 1.807) is 6.92 Å². The average molecular weight is 192 g/mol. The highest BCUT2D eigenvalue weighted by Gasteiger charge is 2.19. The summed E-state index contributed by atoms with van der Waals surface area (Å²) in [4.78, 5) is 0. The molecule has 0 aromatic carbocycles. The van der Waals surface area contributed by atoms with Crippen LogP contribution in [0.15, 0.2) is 0 Å². The zero-order valence-corrected chi connectivity index (χ0v) is 8.06. The van der Waals surface area contributed by atoms with Crippen molar-refractivity contribution in [2.75, 3.05) is 13.2 Å². The van der Waals surface area contributed by atoms with Crippen molar-refractivity contribution in [2.24, 2.45) is 5.92 Å². The van der Waals surface area contributed by atoms with Gasteiger partial charge >= 0.3 is 0 Å². The number of rotatable bonds is 7. The van der Waals surface area contributed by atoms with Crippen LogP contribution in [0, 0.1) is 5.92 Å². The van der Waals surface area contributed by atoms with Crippen molar-refractivity contribution in [3.05, 3.63) is 0 Å². The van der Waals surface area contributed by atoms with Gasteiger partial charge in [0.25, 0.3) is 0 Å². The fourth-order valence-corrected chi connectivity index (χ4v) is 1.33. The maximum Gasteiger partial charge on any atom is 0.0592 e. The minimum absolute atomic E-state index is 0.0455. The lowest BCUT2D eigenvalue weighted by molar-refractivity contribution is 0.0265. The highest BCUT2D eigenvalue weighted by atomic mass is 16.3. The second-order valence-electron chi connectivity index (χ2n) is 3.46. The van der Waals surface area contributed by atoms with Crippen LogP contribution >= 0.6 is 0 Å². The molecule has 0 rings (SSSR count). The summed E-state index contributed by atoms with van der Waals surface area (Å²) in [5.41, 5.74) is 0. The van der Waals surface area contributed by atoms with Crippen molar-refractivity contribution < 1.29 is 20.4 Å². The second-order valence-corrected chi connectivity index (χ2v) is 3.46. The summed E-state index contributed by atoms with van der Waals surface area (Å²) in [7, 11) is 0. The van der Waals surface area contributed by atoms with Gasteiger partial charge in [-0.2, -0.15) is 0 Å². The van der Waals surface area contributed by atoms with Crippen LogP contribution in [0.3, 0.4) is 0 Å². The molecule has 0 aromatic heterocycles. The Balaban J connectivity index is 3.77. The Morgan fingerprint density at radius 3 is 2.15 bits per heavy atom. The van der Waals surface area contributed by atoms with E-state index in [2.05, 4.69) is 0 Å². The van der Waals surface area contributed by atoms with Crippen LogP contribution in [-0.2, 0) is 0 Å². The third kappa shape index (κ3) is 5.99. The molecule has 0 fully saturated rings. The molecule has 0 saturated carbocycles. The van der Waals surface area contributed by atoms with Crippen LogP contribution in [0.5, 0.6) is 0 Å². The van der Waals surface area contributed by atoms with E-state index in [4.69, 9.17) is 15.3 Å². The summed E-state index contributed by atoms with van der Waals surface area (Å²) in [6.45, 7) is 1.54. The Labute approximate surface area is 78.8 Å². The zero-order chi connectivity index (χ0) is 10.3. The molecule has 0 aromatic rings. The van der Waals surface area contributed by atoms with Crippen LogP contribution < -0.4 is 0 Å². The fourth-order valence-electron chi connectivity index (χ4n) is 1.33. The molecule has 0 aliphatic heterocycles. The molecule has 0 saturated heterocycles. The van der Waals surface area contributed by atoms with Gasteiger partial charge in [0, 0.05) is 19.1 Å². The first-order chi connectivity index (χ1) is 6.11. The number of hydrogen-bond donors (Lipinski definition) is 4. The Hall–Kier alpha value is -0.160. The van der Waals surface area contributed by atoms with E-state index in [-0.39, 0.29) is 19.1 Å². The monoisotopic (exact) mass is 192 g/mol. The summed E-state index contributed by atoms with van der Waals surface area (Å²) in [6.07, 6.45) is 0.238. The third-order valence-electron chi connectivity index (χ3n) is 2.08. The molecule has 0 radical (unpaired) electrons. The van der Waals surface area contributed by atoms with Gasteiger partial charge in [0.15, 0.2) is 0 Å². The summed E-state index contributed by atoms with van der Waals surface area (Å²) in [5.74, 6) is -0.286. The molecule has 3 atom stereocenters. The van der Waals surface area contributed by atoms with Crippen molar-refractivity contribution in [3.63, 3.8) is 0 Å². The topological polar surface area (TPSA) is 80.9 Å². The molecule has 4 nitrogen and oxygen atoms in total. The number of aliphatic hydroxyl groups excluding tert-OH is 4. The van der Waals surface area contributed by atoms with Gasteiger partial charge in [0.05, 0.1) is 12.2 Å².